The smallest absolute Gasteiger partial charge is 0.270 e. The van der Waals surface area contributed by atoms with Gasteiger partial charge in [0, 0.05) is 28.5 Å². The molecule has 0 saturated carbocycles. The number of hydrogen-bond acceptors (Lipinski definition) is 3. The average molecular weight is 346 g/mol. The second-order valence-electron chi connectivity index (χ2n) is 5.63. The van der Waals surface area contributed by atoms with E-state index in [0.717, 1.165) is 12.0 Å². The highest BCUT2D eigenvalue weighted by atomic mass is 35.5. The van der Waals surface area contributed by atoms with E-state index in [1.165, 1.54) is 12.3 Å². The van der Waals surface area contributed by atoms with Crippen LogP contribution in [0.1, 0.15) is 46.7 Å². The average Bonchev–Trinajstić information content (AvgIpc) is 2.58. The van der Waals surface area contributed by atoms with Gasteiger partial charge in [-0.1, -0.05) is 24.6 Å². The number of pyridine rings is 1. The number of benzene rings is 1. The van der Waals surface area contributed by atoms with Crippen LogP contribution in [0.2, 0.25) is 5.02 Å². The van der Waals surface area contributed by atoms with Crippen LogP contribution in [0.5, 0.6) is 0 Å². The Hall–Kier alpha value is -2.40. The fourth-order valence-corrected chi connectivity index (χ4v) is 2.15. The number of carbonyl (C=O) groups is 2. The van der Waals surface area contributed by atoms with Gasteiger partial charge in [0.25, 0.3) is 11.8 Å². The molecule has 0 radical (unpaired) electrons. The van der Waals surface area contributed by atoms with Crippen LogP contribution < -0.4 is 10.6 Å². The molecule has 2 rings (SSSR count). The Balaban J connectivity index is 2.13. The van der Waals surface area contributed by atoms with Crippen molar-refractivity contribution in [2.24, 2.45) is 0 Å². The normalized spacial score (nSPS) is 11.7. The molecule has 0 aliphatic heterocycles. The third kappa shape index (κ3) is 4.55. The van der Waals surface area contributed by atoms with E-state index in [2.05, 4.69) is 15.6 Å². The van der Waals surface area contributed by atoms with Crippen molar-refractivity contribution in [3.05, 3.63) is 58.4 Å². The minimum atomic E-state index is -0.324. The van der Waals surface area contributed by atoms with Crippen molar-refractivity contribution >= 4 is 29.1 Å². The zero-order valence-electron chi connectivity index (χ0n) is 13.9. The van der Waals surface area contributed by atoms with E-state index in [-0.39, 0.29) is 23.6 Å². The van der Waals surface area contributed by atoms with Crippen molar-refractivity contribution in [3.63, 3.8) is 0 Å². The molecule has 1 heterocycles. The van der Waals surface area contributed by atoms with Crippen LogP contribution in [-0.4, -0.2) is 22.8 Å². The maximum atomic E-state index is 12.3. The van der Waals surface area contributed by atoms with Crippen LogP contribution in [0.3, 0.4) is 0 Å². The number of carbonyl (C=O) groups excluding carboxylic acids is 2. The number of halogens is 1. The summed E-state index contributed by atoms with van der Waals surface area (Å²) in [7, 11) is 0. The predicted molar refractivity (Wildman–Crippen MR) is 95.6 cm³/mol. The highest BCUT2D eigenvalue weighted by Crippen LogP contribution is 2.20. The van der Waals surface area contributed by atoms with Gasteiger partial charge in [0.2, 0.25) is 0 Å². The number of rotatable bonds is 5. The number of aromatic nitrogens is 1. The molecule has 126 valence electrons. The fraction of sp³-hybridized carbons (Fsp3) is 0.278. The summed E-state index contributed by atoms with van der Waals surface area (Å²) < 4.78 is 0. The molecule has 2 aromatic rings. The van der Waals surface area contributed by atoms with Crippen molar-refractivity contribution in [3.8, 4) is 0 Å². The summed E-state index contributed by atoms with van der Waals surface area (Å²) in [5, 5.41) is 6.17. The summed E-state index contributed by atoms with van der Waals surface area (Å²) in [6.07, 6.45) is 2.27. The van der Waals surface area contributed by atoms with E-state index in [4.69, 9.17) is 11.6 Å². The van der Waals surface area contributed by atoms with Gasteiger partial charge in [-0.3, -0.25) is 14.6 Å². The molecule has 1 aromatic carbocycles. The Morgan fingerprint density at radius 1 is 1.21 bits per heavy atom. The number of anilines is 1. The fourth-order valence-electron chi connectivity index (χ4n) is 1.97. The first kappa shape index (κ1) is 17.9. The zero-order chi connectivity index (χ0) is 17.7. The van der Waals surface area contributed by atoms with Crippen molar-refractivity contribution in [1.82, 2.24) is 10.3 Å². The van der Waals surface area contributed by atoms with E-state index < -0.39 is 0 Å². The van der Waals surface area contributed by atoms with Gasteiger partial charge in [-0.05, 0) is 50.1 Å². The summed E-state index contributed by atoms with van der Waals surface area (Å²) in [5.41, 5.74) is 2.10. The van der Waals surface area contributed by atoms with Gasteiger partial charge in [-0.15, -0.1) is 0 Å². The second-order valence-corrected chi connectivity index (χ2v) is 6.04. The molecule has 2 N–H and O–H groups in total. The van der Waals surface area contributed by atoms with Crippen LogP contribution in [0, 0.1) is 6.92 Å². The summed E-state index contributed by atoms with van der Waals surface area (Å²) in [6, 6.07) is 8.37. The molecule has 1 unspecified atom stereocenters. The molecule has 2 amide bonds. The Labute approximate surface area is 146 Å². The Morgan fingerprint density at radius 2 is 1.96 bits per heavy atom. The molecular formula is C18H20ClN3O2. The lowest BCUT2D eigenvalue weighted by atomic mass is 10.1. The molecular weight excluding hydrogens is 326 g/mol. The van der Waals surface area contributed by atoms with E-state index in [0.29, 0.717) is 16.3 Å². The van der Waals surface area contributed by atoms with Gasteiger partial charge >= 0.3 is 0 Å². The summed E-state index contributed by atoms with van der Waals surface area (Å²) in [5.74, 6) is -0.618. The van der Waals surface area contributed by atoms with Gasteiger partial charge in [-0.2, -0.15) is 0 Å². The van der Waals surface area contributed by atoms with Gasteiger partial charge < -0.3 is 10.6 Å². The molecule has 0 spiro atoms. The summed E-state index contributed by atoms with van der Waals surface area (Å²) in [6.45, 7) is 5.78. The molecule has 24 heavy (non-hydrogen) atoms. The van der Waals surface area contributed by atoms with Crippen LogP contribution in [0.4, 0.5) is 5.69 Å². The van der Waals surface area contributed by atoms with Crippen molar-refractivity contribution < 1.29 is 9.59 Å². The summed E-state index contributed by atoms with van der Waals surface area (Å²) >= 11 is 6.06. The van der Waals surface area contributed by atoms with Gasteiger partial charge in [0.05, 0.1) is 0 Å². The monoisotopic (exact) mass is 345 g/mol. The number of nitrogens with zero attached hydrogens (tertiary/aromatic N) is 1. The van der Waals surface area contributed by atoms with E-state index in [1.54, 1.807) is 18.2 Å². The van der Waals surface area contributed by atoms with Crippen LogP contribution in [0.25, 0.3) is 0 Å². The molecule has 0 fully saturated rings. The van der Waals surface area contributed by atoms with Crippen molar-refractivity contribution in [2.45, 2.75) is 33.2 Å². The first-order valence-corrected chi connectivity index (χ1v) is 8.13. The summed E-state index contributed by atoms with van der Waals surface area (Å²) in [4.78, 5) is 28.5. The third-order valence-corrected chi connectivity index (χ3v) is 4.08. The molecule has 0 saturated heterocycles. The van der Waals surface area contributed by atoms with Crippen LogP contribution in [0.15, 0.2) is 36.5 Å². The van der Waals surface area contributed by atoms with E-state index in [1.807, 2.05) is 26.8 Å². The number of amides is 2. The third-order valence-electron chi connectivity index (χ3n) is 3.67. The quantitative estimate of drug-likeness (QED) is 0.865. The largest absolute Gasteiger partial charge is 0.348 e. The zero-order valence-corrected chi connectivity index (χ0v) is 14.6. The minimum Gasteiger partial charge on any atom is -0.348 e. The van der Waals surface area contributed by atoms with E-state index >= 15 is 0 Å². The molecule has 0 aliphatic rings. The maximum Gasteiger partial charge on any atom is 0.270 e. The lowest BCUT2D eigenvalue weighted by molar-refractivity contribution is 0.0934. The van der Waals surface area contributed by atoms with Crippen LogP contribution in [-0.2, 0) is 0 Å². The first-order chi connectivity index (χ1) is 11.4. The molecule has 6 heteroatoms. The molecule has 0 aliphatic carbocycles. The number of aryl methyl sites for hydroxylation is 1. The standard InChI is InChI=1S/C18H20ClN3O2/c1-4-12(3)21-18(24)16-9-13(7-8-20-16)17(23)22-14-6-5-11(2)15(19)10-14/h5-10,12H,4H2,1-3H3,(H,21,24)(H,22,23). The van der Waals surface area contributed by atoms with Gasteiger partial charge in [0.15, 0.2) is 0 Å². The molecule has 0 bridgehead atoms. The van der Waals surface area contributed by atoms with Crippen LogP contribution >= 0.6 is 11.6 Å². The predicted octanol–water partition coefficient (Wildman–Crippen LogP) is 3.82. The highest BCUT2D eigenvalue weighted by Gasteiger charge is 2.13. The lowest BCUT2D eigenvalue weighted by Gasteiger charge is -2.11. The molecule has 5 nitrogen and oxygen atoms in total. The highest BCUT2D eigenvalue weighted by molar-refractivity contribution is 6.31. The Kier molecular flexibility index (Phi) is 5.93. The molecule has 1 atom stereocenters. The maximum absolute atomic E-state index is 12.3. The van der Waals surface area contributed by atoms with Crippen molar-refractivity contribution in [2.75, 3.05) is 5.32 Å². The Bertz CT molecular complexity index is 762. The SMILES string of the molecule is CCC(C)NC(=O)c1cc(C(=O)Nc2ccc(C)c(Cl)c2)ccn1. The number of hydrogen-bond donors (Lipinski definition) is 2. The second kappa shape index (κ2) is 7.93. The van der Waals surface area contributed by atoms with E-state index in [9.17, 15) is 9.59 Å². The number of nitrogens with one attached hydrogen (secondary N) is 2. The Morgan fingerprint density at radius 3 is 2.62 bits per heavy atom. The lowest BCUT2D eigenvalue weighted by Crippen LogP contribution is -2.32. The molecule has 1 aromatic heterocycles. The van der Waals surface area contributed by atoms with Gasteiger partial charge in [-0.25, -0.2) is 0 Å². The van der Waals surface area contributed by atoms with Crippen molar-refractivity contribution in [1.29, 1.82) is 0 Å². The van der Waals surface area contributed by atoms with Gasteiger partial charge in [0.1, 0.15) is 5.69 Å². The topological polar surface area (TPSA) is 71.1 Å². The minimum absolute atomic E-state index is 0.0477. The first-order valence-electron chi connectivity index (χ1n) is 7.75.